The van der Waals surface area contributed by atoms with Crippen LogP contribution >= 0.6 is 0 Å². The molecule has 2 aromatic carbocycles. The smallest absolute Gasteiger partial charge is 0.229 e. The van der Waals surface area contributed by atoms with Crippen LogP contribution in [-0.4, -0.2) is 18.4 Å². The Morgan fingerprint density at radius 1 is 1.17 bits per heavy atom. The van der Waals surface area contributed by atoms with E-state index >= 15 is 0 Å². The first kappa shape index (κ1) is 16.2. The molecular weight excluding hydrogens is 307 g/mol. The number of hydrogen-bond donors (Lipinski definition) is 1. The van der Waals surface area contributed by atoms with Crippen LogP contribution in [0.4, 0.5) is 15.8 Å². The first-order chi connectivity index (χ1) is 11.5. The summed E-state index contributed by atoms with van der Waals surface area (Å²) in [5.74, 6) is -1.04. The Morgan fingerprint density at radius 3 is 2.58 bits per heavy atom. The molecule has 1 saturated heterocycles. The molecule has 124 valence electrons. The first-order valence-electron chi connectivity index (χ1n) is 7.88. The van der Waals surface area contributed by atoms with Crippen LogP contribution < -0.4 is 10.2 Å². The molecule has 2 aromatic rings. The van der Waals surface area contributed by atoms with Gasteiger partial charge in [-0.1, -0.05) is 12.1 Å². The van der Waals surface area contributed by atoms with E-state index in [0.29, 0.717) is 12.2 Å². The van der Waals surface area contributed by atoms with Crippen LogP contribution in [0.3, 0.4) is 0 Å². The van der Waals surface area contributed by atoms with Crippen LogP contribution in [0.5, 0.6) is 0 Å². The summed E-state index contributed by atoms with van der Waals surface area (Å²) in [4.78, 5) is 26.4. The third-order valence-electron chi connectivity index (χ3n) is 4.47. The third kappa shape index (κ3) is 3.15. The lowest BCUT2D eigenvalue weighted by Gasteiger charge is -2.20. The molecule has 1 fully saturated rings. The van der Waals surface area contributed by atoms with Gasteiger partial charge >= 0.3 is 0 Å². The number of anilines is 2. The minimum absolute atomic E-state index is 0.0528. The minimum Gasteiger partial charge on any atom is -0.326 e. The standard InChI is InChI=1S/C19H19FN2O2/c1-12-4-3-5-17(13(12)2)22-11-14(10-18(22)23)19(24)21-16-8-6-15(20)7-9-16/h3-9,14H,10-11H2,1-2H3,(H,21,24)/t14-/m1/s1. The summed E-state index contributed by atoms with van der Waals surface area (Å²) < 4.78 is 12.9. The Balaban J connectivity index is 1.73. The summed E-state index contributed by atoms with van der Waals surface area (Å²) in [5.41, 5.74) is 3.54. The lowest BCUT2D eigenvalue weighted by atomic mass is 10.1. The predicted octanol–water partition coefficient (Wildman–Crippen LogP) is 3.43. The van der Waals surface area contributed by atoms with Gasteiger partial charge in [-0.25, -0.2) is 4.39 Å². The van der Waals surface area contributed by atoms with Crippen LogP contribution in [0.25, 0.3) is 0 Å². The summed E-state index contributed by atoms with van der Waals surface area (Å²) in [6.45, 7) is 4.33. The normalized spacial score (nSPS) is 17.2. The zero-order valence-electron chi connectivity index (χ0n) is 13.7. The topological polar surface area (TPSA) is 49.4 Å². The van der Waals surface area contributed by atoms with E-state index in [0.717, 1.165) is 16.8 Å². The molecule has 0 bridgehead atoms. The fourth-order valence-corrected chi connectivity index (χ4v) is 2.92. The molecule has 4 nitrogen and oxygen atoms in total. The molecule has 0 saturated carbocycles. The van der Waals surface area contributed by atoms with Crippen molar-refractivity contribution in [2.75, 3.05) is 16.8 Å². The van der Waals surface area contributed by atoms with Crippen LogP contribution in [0, 0.1) is 25.6 Å². The van der Waals surface area contributed by atoms with Crippen LogP contribution in [0.15, 0.2) is 42.5 Å². The van der Waals surface area contributed by atoms with E-state index in [-0.39, 0.29) is 24.1 Å². The highest BCUT2D eigenvalue weighted by atomic mass is 19.1. The SMILES string of the molecule is Cc1cccc(N2C[C@H](C(=O)Nc3ccc(F)cc3)CC2=O)c1C. The molecule has 0 aliphatic carbocycles. The average Bonchev–Trinajstić information content (AvgIpc) is 2.94. The van der Waals surface area contributed by atoms with E-state index in [1.807, 2.05) is 32.0 Å². The Morgan fingerprint density at radius 2 is 1.88 bits per heavy atom. The summed E-state index contributed by atoms with van der Waals surface area (Å²) in [6.07, 6.45) is 0.181. The number of rotatable bonds is 3. The van der Waals surface area contributed by atoms with Gasteiger partial charge in [-0.05, 0) is 55.3 Å². The van der Waals surface area contributed by atoms with Gasteiger partial charge in [-0.3, -0.25) is 9.59 Å². The van der Waals surface area contributed by atoms with Gasteiger partial charge in [0.15, 0.2) is 0 Å². The summed E-state index contributed by atoms with van der Waals surface area (Å²) >= 11 is 0. The second kappa shape index (κ2) is 6.43. The molecular formula is C19H19FN2O2. The summed E-state index contributed by atoms with van der Waals surface area (Å²) in [6, 6.07) is 11.4. The van der Waals surface area contributed by atoms with Gasteiger partial charge in [-0.15, -0.1) is 0 Å². The van der Waals surface area contributed by atoms with E-state index in [4.69, 9.17) is 0 Å². The van der Waals surface area contributed by atoms with Crippen molar-refractivity contribution in [3.63, 3.8) is 0 Å². The molecule has 1 aliphatic heterocycles. The first-order valence-corrected chi connectivity index (χ1v) is 7.88. The fourth-order valence-electron chi connectivity index (χ4n) is 2.92. The van der Waals surface area contributed by atoms with Crippen molar-refractivity contribution in [2.24, 2.45) is 5.92 Å². The minimum atomic E-state index is -0.414. The van der Waals surface area contributed by atoms with Gasteiger partial charge in [-0.2, -0.15) is 0 Å². The van der Waals surface area contributed by atoms with Crippen molar-refractivity contribution >= 4 is 23.2 Å². The van der Waals surface area contributed by atoms with Crippen molar-refractivity contribution < 1.29 is 14.0 Å². The quantitative estimate of drug-likeness (QED) is 0.939. The van der Waals surface area contributed by atoms with Gasteiger partial charge in [0.25, 0.3) is 0 Å². The van der Waals surface area contributed by atoms with Crippen LogP contribution in [0.1, 0.15) is 17.5 Å². The van der Waals surface area contributed by atoms with Crippen molar-refractivity contribution in [3.05, 3.63) is 59.4 Å². The Labute approximate surface area is 140 Å². The number of carbonyl (C=O) groups excluding carboxylic acids is 2. The van der Waals surface area contributed by atoms with Gasteiger partial charge in [0.1, 0.15) is 5.82 Å². The lowest BCUT2D eigenvalue weighted by Crippen LogP contribution is -2.28. The molecule has 1 N–H and O–H groups in total. The van der Waals surface area contributed by atoms with Crippen molar-refractivity contribution in [1.82, 2.24) is 0 Å². The fraction of sp³-hybridized carbons (Fsp3) is 0.263. The number of nitrogens with one attached hydrogen (secondary N) is 1. The molecule has 5 heteroatoms. The summed E-state index contributed by atoms with van der Waals surface area (Å²) in [7, 11) is 0. The van der Waals surface area contributed by atoms with Gasteiger partial charge < -0.3 is 10.2 Å². The Bertz CT molecular complexity index is 786. The summed E-state index contributed by atoms with van der Waals surface area (Å²) in [5, 5.41) is 2.75. The van der Waals surface area contributed by atoms with E-state index in [1.165, 1.54) is 24.3 Å². The number of aryl methyl sites for hydroxylation is 1. The zero-order valence-corrected chi connectivity index (χ0v) is 13.7. The highest BCUT2D eigenvalue weighted by molar-refractivity contribution is 6.03. The highest BCUT2D eigenvalue weighted by Gasteiger charge is 2.35. The monoisotopic (exact) mass is 326 g/mol. The number of nitrogens with zero attached hydrogens (tertiary/aromatic N) is 1. The van der Waals surface area contributed by atoms with Gasteiger partial charge in [0, 0.05) is 24.3 Å². The maximum atomic E-state index is 12.9. The maximum Gasteiger partial charge on any atom is 0.229 e. The Kier molecular flexibility index (Phi) is 4.34. The molecule has 0 aromatic heterocycles. The largest absolute Gasteiger partial charge is 0.326 e. The molecule has 0 unspecified atom stereocenters. The molecule has 1 aliphatic rings. The Hall–Kier alpha value is -2.69. The molecule has 1 heterocycles. The second-order valence-electron chi connectivity index (χ2n) is 6.12. The van der Waals surface area contributed by atoms with Crippen molar-refractivity contribution in [3.8, 4) is 0 Å². The van der Waals surface area contributed by atoms with E-state index in [1.54, 1.807) is 4.90 Å². The third-order valence-corrected chi connectivity index (χ3v) is 4.47. The average molecular weight is 326 g/mol. The van der Waals surface area contributed by atoms with Crippen molar-refractivity contribution in [2.45, 2.75) is 20.3 Å². The zero-order chi connectivity index (χ0) is 17.3. The molecule has 1 atom stereocenters. The molecule has 0 spiro atoms. The number of carbonyl (C=O) groups is 2. The van der Waals surface area contributed by atoms with Crippen molar-refractivity contribution in [1.29, 1.82) is 0 Å². The van der Waals surface area contributed by atoms with E-state index in [2.05, 4.69) is 5.32 Å². The number of hydrogen-bond acceptors (Lipinski definition) is 2. The van der Waals surface area contributed by atoms with Gasteiger partial charge in [0.05, 0.1) is 5.92 Å². The second-order valence-corrected chi connectivity index (χ2v) is 6.12. The highest BCUT2D eigenvalue weighted by Crippen LogP contribution is 2.29. The predicted molar refractivity (Wildman–Crippen MR) is 91.4 cm³/mol. The van der Waals surface area contributed by atoms with Crippen LogP contribution in [0.2, 0.25) is 0 Å². The van der Waals surface area contributed by atoms with E-state index < -0.39 is 5.92 Å². The van der Waals surface area contributed by atoms with Crippen LogP contribution in [-0.2, 0) is 9.59 Å². The maximum absolute atomic E-state index is 12.9. The van der Waals surface area contributed by atoms with E-state index in [9.17, 15) is 14.0 Å². The number of benzene rings is 2. The molecule has 3 rings (SSSR count). The van der Waals surface area contributed by atoms with Gasteiger partial charge in [0.2, 0.25) is 11.8 Å². The lowest BCUT2D eigenvalue weighted by molar-refractivity contribution is -0.122. The molecule has 24 heavy (non-hydrogen) atoms. The number of halogens is 1. The number of amides is 2. The molecule has 2 amide bonds. The molecule has 0 radical (unpaired) electrons.